The van der Waals surface area contributed by atoms with Gasteiger partial charge in [0, 0.05) is 16.1 Å². The highest BCUT2D eigenvalue weighted by atomic mass is 79.9. The molecule has 1 aliphatic carbocycles. The van der Waals surface area contributed by atoms with Crippen molar-refractivity contribution in [3.8, 4) is 11.3 Å². The van der Waals surface area contributed by atoms with E-state index in [1.54, 1.807) is 13.0 Å². The maximum atomic E-state index is 12.3. The molecule has 138 valence electrons. The van der Waals surface area contributed by atoms with Crippen molar-refractivity contribution in [1.82, 2.24) is 15.5 Å². The van der Waals surface area contributed by atoms with Crippen molar-refractivity contribution in [3.05, 3.63) is 40.5 Å². The summed E-state index contributed by atoms with van der Waals surface area (Å²) in [6, 6.07) is 9.41. The third kappa shape index (κ3) is 4.72. The summed E-state index contributed by atoms with van der Waals surface area (Å²) in [4.78, 5) is 24.5. The average molecular weight is 420 g/mol. The number of H-pyrrole nitrogens is 1. The van der Waals surface area contributed by atoms with Crippen LogP contribution in [0, 0.1) is 0 Å². The molecular formula is C19H22BrN3O3. The van der Waals surface area contributed by atoms with Crippen molar-refractivity contribution in [1.29, 1.82) is 0 Å². The number of ether oxygens (including phenoxy) is 1. The lowest BCUT2D eigenvalue weighted by molar-refractivity contribution is -0.130. The Balaban J connectivity index is 1.57. The lowest BCUT2D eigenvalue weighted by Gasteiger charge is -2.24. The molecule has 2 N–H and O–H groups in total. The van der Waals surface area contributed by atoms with E-state index in [1.165, 1.54) is 6.42 Å². The topological polar surface area (TPSA) is 84.1 Å². The van der Waals surface area contributed by atoms with Gasteiger partial charge in [0.1, 0.15) is 5.69 Å². The van der Waals surface area contributed by atoms with Gasteiger partial charge in [0.2, 0.25) is 0 Å². The number of carbonyl (C=O) groups is 2. The van der Waals surface area contributed by atoms with Crippen LogP contribution in [0.15, 0.2) is 34.8 Å². The molecule has 1 aromatic carbocycles. The van der Waals surface area contributed by atoms with Crippen LogP contribution in [0.5, 0.6) is 0 Å². The third-order valence-corrected chi connectivity index (χ3v) is 5.07. The minimum atomic E-state index is -0.844. The summed E-state index contributed by atoms with van der Waals surface area (Å²) in [6.45, 7) is 1.59. The molecule has 1 heterocycles. The van der Waals surface area contributed by atoms with Crippen molar-refractivity contribution >= 4 is 27.8 Å². The van der Waals surface area contributed by atoms with E-state index in [0.717, 1.165) is 35.7 Å². The second-order valence-electron chi connectivity index (χ2n) is 6.56. The van der Waals surface area contributed by atoms with Gasteiger partial charge in [-0.2, -0.15) is 5.10 Å². The van der Waals surface area contributed by atoms with Crippen LogP contribution < -0.4 is 5.32 Å². The quantitative estimate of drug-likeness (QED) is 0.721. The van der Waals surface area contributed by atoms with Gasteiger partial charge < -0.3 is 10.1 Å². The van der Waals surface area contributed by atoms with Crippen molar-refractivity contribution in [2.45, 2.75) is 51.2 Å². The first-order valence-corrected chi connectivity index (χ1v) is 9.65. The van der Waals surface area contributed by atoms with E-state index < -0.39 is 12.1 Å². The van der Waals surface area contributed by atoms with Crippen molar-refractivity contribution in [3.63, 3.8) is 0 Å². The maximum absolute atomic E-state index is 12.3. The van der Waals surface area contributed by atoms with E-state index in [0.29, 0.717) is 5.69 Å². The molecule has 3 rings (SSSR count). The normalized spacial score (nSPS) is 16.1. The Morgan fingerprint density at radius 1 is 1.23 bits per heavy atom. The van der Waals surface area contributed by atoms with Gasteiger partial charge in [-0.05, 0) is 38.0 Å². The Morgan fingerprint density at radius 3 is 2.62 bits per heavy atom. The van der Waals surface area contributed by atoms with Gasteiger partial charge in [-0.15, -0.1) is 0 Å². The van der Waals surface area contributed by atoms with Gasteiger partial charge in [-0.25, -0.2) is 4.79 Å². The number of rotatable bonds is 5. The van der Waals surface area contributed by atoms with Crippen LogP contribution in [-0.2, 0) is 9.53 Å². The largest absolute Gasteiger partial charge is 0.448 e. The van der Waals surface area contributed by atoms with Crippen LogP contribution in [0.25, 0.3) is 11.3 Å². The molecule has 0 saturated heterocycles. The molecule has 26 heavy (non-hydrogen) atoms. The van der Waals surface area contributed by atoms with E-state index in [2.05, 4.69) is 31.4 Å². The van der Waals surface area contributed by atoms with Crippen molar-refractivity contribution in [2.24, 2.45) is 0 Å². The highest BCUT2D eigenvalue weighted by Crippen LogP contribution is 2.21. The molecule has 1 aromatic heterocycles. The van der Waals surface area contributed by atoms with E-state index in [-0.39, 0.29) is 17.6 Å². The Hall–Kier alpha value is -2.15. The number of hydrogen-bond donors (Lipinski definition) is 2. The minimum absolute atomic E-state index is 0.188. The van der Waals surface area contributed by atoms with Crippen LogP contribution in [0.4, 0.5) is 0 Å². The van der Waals surface area contributed by atoms with Gasteiger partial charge in [0.05, 0.1) is 5.69 Å². The van der Waals surface area contributed by atoms with E-state index in [4.69, 9.17) is 4.74 Å². The second-order valence-corrected chi connectivity index (χ2v) is 7.48. The lowest BCUT2D eigenvalue weighted by Crippen LogP contribution is -2.42. The second kappa shape index (κ2) is 8.49. The Bertz CT molecular complexity index is 767. The van der Waals surface area contributed by atoms with Gasteiger partial charge in [-0.3, -0.25) is 9.89 Å². The standard InChI is InChI=1S/C19H22BrN3O3/c1-12(18(24)21-15-5-3-2-4-6-15)26-19(25)17-11-16(22-23-17)13-7-9-14(20)10-8-13/h7-12,15H,2-6H2,1H3,(H,21,24)(H,22,23). The van der Waals surface area contributed by atoms with Crippen LogP contribution in [0.3, 0.4) is 0 Å². The number of aromatic nitrogens is 2. The SMILES string of the molecule is CC(OC(=O)c1cc(-c2ccc(Br)cc2)n[nH]1)C(=O)NC1CCCCC1. The first-order valence-electron chi connectivity index (χ1n) is 8.85. The molecule has 1 fully saturated rings. The molecule has 2 aromatic rings. The number of nitrogens with one attached hydrogen (secondary N) is 2. The molecule has 1 unspecified atom stereocenters. The van der Waals surface area contributed by atoms with Crippen molar-refractivity contribution < 1.29 is 14.3 Å². The number of benzene rings is 1. The highest BCUT2D eigenvalue weighted by molar-refractivity contribution is 9.10. The molecule has 0 aliphatic heterocycles. The number of hydrogen-bond acceptors (Lipinski definition) is 4. The molecule has 1 saturated carbocycles. The fourth-order valence-corrected chi connectivity index (χ4v) is 3.30. The fraction of sp³-hybridized carbons (Fsp3) is 0.421. The van der Waals surface area contributed by atoms with Gasteiger partial charge >= 0.3 is 5.97 Å². The van der Waals surface area contributed by atoms with Crippen LogP contribution in [0.1, 0.15) is 49.5 Å². The average Bonchev–Trinajstić information content (AvgIpc) is 3.13. The zero-order chi connectivity index (χ0) is 18.5. The summed E-state index contributed by atoms with van der Waals surface area (Å²) in [5.74, 6) is -0.843. The summed E-state index contributed by atoms with van der Waals surface area (Å²) in [5, 5.41) is 9.78. The molecule has 0 radical (unpaired) electrons. The Kier molecular flexibility index (Phi) is 6.08. The molecule has 1 atom stereocenters. The zero-order valence-electron chi connectivity index (χ0n) is 14.6. The van der Waals surface area contributed by atoms with Gasteiger partial charge in [-0.1, -0.05) is 47.3 Å². The van der Waals surface area contributed by atoms with Crippen molar-refractivity contribution in [2.75, 3.05) is 0 Å². The lowest BCUT2D eigenvalue weighted by atomic mass is 9.95. The first kappa shape index (κ1) is 18.6. The smallest absolute Gasteiger partial charge is 0.357 e. The fourth-order valence-electron chi connectivity index (χ4n) is 3.04. The van der Waals surface area contributed by atoms with E-state index in [1.807, 2.05) is 24.3 Å². The Morgan fingerprint density at radius 2 is 1.92 bits per heavy atom. The maximum Gasteiger partial charge on any atom is 0.357 e. The highest BCUT2D eigenvalue weighted by Gasteiger charge is 2.23. The van der Waals surface area contributed by atoms with E-state index >= 15 is 0 Å². The molecule has 6 nitrogen and oxygen atoms in total. The number of aromatic amines is 1. The monoisotopic (exact) mass is 419 g/mol. The molecular weight excluding hydrogens is 398 g/mol. The van der Waals surface area contributed by atoms with Gasteiger partial charge in [0.15, 0.2) is 6.10 Å². The molecule has 1 aliphatic rings. The Labute approximate surface area is 160 Å². The summed E-state index contributed by atoms with van der Waals surface area (Å²) in [7, 11) is 0. The number of halogens is 1. The van der Waals surface area contributed by atoms with Crippen LogP contribution >= 0.6 is 15.9 Å². The zero-order valence-corrected chi connectivity index (χ0v) is 16.2. The van der Waals surface area contributed by atoms with Crippen LogP contribution in [-0.4, -0.2) is 34.2 Å². The summed E-state index contributed by atoms with van der Waals surface area (Å²) >= 11 is 3.38. The van der Waals surface area contributed by atoms with E-state index in [9.17, 15) is 9.59 Å². The summed E-state index contributed by atoms with van der Waals surface area (Å²) < 4.78 is 6.25. The van der Waals surface area contributed by atoms with Gasteiger partial charge in [0.25, 0.3) is 5.91 Å². The molecule has 0 bridgehead atoms. The molecule has 7 heteroatoms. The molecule has 1 amide bonds. The number of amides is 1. The summed E-state index contributed by atoms with van der Waals surface area (Å²) in [6.07, 6.45) is 4.62. The third-order valence-electron chi connectivity index (χ3n) is 4.54. The summed E-state index contributed by atoms with van der Waals surface area (Å²) in [5.41, 5.74) is 1.75. The number of carbonyl (C=O) groups excluding carboxylic acids is 2. The number of nitrogens with zero attached hydrogens (tertiary/aromatic N) is 1. The van der Waals surface area contributed by atoms with Crippen LogP contribution in [0.2, 0.25) is 0 Å². The predicted octanol–water partition coefficient (Wildman–Crippen LogP) is 3.83. The first-order chi connectivity index (χ1) is 12.5. The number of esters is 1. The predicted molar refractivity (Wildman–Crippen MR) is 102 cm³/mol. The minimum Gasteiger partial charge on any atom is -0.448 e. The molecule has 0 spiro atoms.